The zero-order valence-electron chi connectivity index (χ0n) is 17.4. The lowest BCUT2D eigenvalue weighted by molar-refractivity contribution is 0.311. The minimum absolute atomic E-state index is 0.760. The first kappa shape index (κ1) is 19.2. The number of benzene rings is 2. The summed E-state index contributed by atoms with van der Waals surface area (Å²) < 4.78 is 5.60. The average molecular weight is 390 g/mol. The highest BCUT2D eigenvalue weighted by Crippen LogP contribution is 2.26. The number of aromatic nitrogens is 4. The second-order valence-electron chi connectivity index (χ2n) is 7.61. The number of H-pyrrole nitrogens is 2. The van der Waals surface area contributed by atoms with Gasteiger partial charge in [-0.1, -0.05) is 24.3 Å². The standard InChI is InChI=1S/C23H27N5O/c1-15-19(16(2)27-26-15)12-18-11-17(9-10-22(18)29-4)13-28(3)14-23-24-20-7-5-6-8-21(20)25-23/h5-11H,12-14H2,1-4H3,(H,24,25)(H,26,27). The number of aromatic amines is 2. The lowest BCUT2D eigenvalue weighted by Gasteiger charge is -2.17. The van der Waals surface area contributed by atoms with Crippen molar-refractivity contribution in [3.8, 4) is 5.75 Å². The predicted octanol–water partition coefficient (Wildman–Crippen LogP) is 4.13. The zero-order valence-corrected chi connectivity index (χ0v) is 17.4. The van der Waals surface area contributed by atoms with E-state index in [4.69, 9.17) is 4.74 Å². The van der Waals surface area contributed by atoms with Gasteiger partial charge in [-0.05, 0) is 50.2 Å². The zero-order chi connectivity index (χ0) is 20.4. The summed E-state index contributed by atoms with van der Waals surface area (Å²) in [6.07, 6.45) is 0.804. The number of aryl methyl sites for hydroxylation is 2. The summed E-state index contributed by atoms with van der Waals surface area (Å²) in [5.74, 6) is 1.89. The van der Waals surface area contributed by atoms with Gasteiger partial charge in [0.25, 0.3) is 0 Å². The van der Waals surface area contributed by atoms with Crippen LogP contribution < -0.4 is 4.74 Å². The number of nitrogens with zero attached hydrogens (tertiary/aromatic N) is 3. The van der Waals surface area contributed by atoms with Crippen molar-refractivity contribution in [2.24, 2.45) is 0 Å². The van der Waals surface area contributed by atoms with Crippen molar-refractivity contribution in [2.75, 3.05) is 14.2 Å². The van der Waals surface area contributed by atoms with Gasteiger partial charge >= 0.3 is 0 Å². The molecule has 0 amide bonds. The topological polar surface area (TPSA) is 69.8 Å². The molecular weight excluding hydrogens is 362 g/mol. The van der Waals surface area contributed by atoms with E-state index in [1.165, 1.54) is 16.7 Å². The van der Waals surface area contributed by atoms with Gasteiger partial charge in [0.05, 0.1) is 30.4 Å². The Morgan fingerprint density at radius 2 is 1.90 bits per heavy atom. The third-order valence-electron chi connectivity index (χ3n) is 5.30. The number of imidazole rings is 1. The van der Waals surface area contributed by atoms with Crippen molar-refractivity contribution in [1.82, 2.24) is 25.1 Å². The summed E-state index contributed by atoms with van der Waals surface area (Å²) in [4.78, 5) is 10.3. The van der Waals surface area contributed by atoms with Gasteiger partial charge in [0.1, 0.15) is 11.6 Å². The monoisotopic (exact) mass is 389 g/mol. The van der Waals surface area contributed by atoms with Crippen LogP contribution in [0.25, 0.3) is 11.0 Å². The minimum atomic E-state index is 0.760. The molecule has 0 aliphatic rings. The van der Waals surface area contributed by atoms with Crippen LogP contribution in [0.2, 0.25) is 0 Å². The van der Waals surface area contributed by atoms with E-state index in [2.05, 4.69) is 63.3 Å². The normalized spacial score (nSPS) is 11.5. The molecule has 0 spiro atoms. The number of ether oxygens (including phenoxy) is 1. The Kier molecular flexibility index (Phi) is 5.36. The molecule has 0 radical (unpaired) electrons. The van der Waals surface area contributed by atoms with E-state index in [9.17, 15) is 0 Å². The van der Waals surface area contributed by atoms with Gasteiger partial charge in [0.2, 0.25) is 0 Å². The summed E-state index contributed by atoms with van der Waals surface area (Å²) in [5, 5.41) is 7.39. The molecule has 2 aromatic carbocycles. The van der Waals surface area contributed by atoms with Crippen LogP contribution in [0.5, 0.6) is 5.75 Å². The molecule has 0 bridgehead atoms. The number of methoxy groups -OCH3 is 1. The first-order valence-electron chi connectivity index (χ1n) is 9.82. The molecule has 0 fully saturated rings. The second-order valence-corrected chi connectivity index (χ2v) is 7.61. The first-order valence-corrected chi connectivity index (χ1v) is 9.82. The largest absolute Gasteiger partial charge is 0.496 e. The Balaban J connectivity index is 1.50. The van der Waals surface area contributed by atoms with E-state index in [1.807, 2.05) is 25.1 Å². The maximum Gasteiger partial charge on any atom is 0.122 e. The molecule has 2 aromatic heterocycles. The quantitative estimate of drug-likeness (QED) is 0.498. The number of hydrogen-bond acceptors (Lipinski definition) is 4. The van der Waals surface area contributed by atoms with Gasteiger partial charge in [-0.2, -0.15) is 5.10 Å². The Morgan fingerprint density at radius 1 is 1.07 bits per heavy atom. The maximum absolute atomic E-state index is 5.60. The number of hydrogen-bond donors (Lipinski definition) is 2. The number of nitrogens with one attached hydrogen (secondary N) is 2. The van der Waals surface area contributed by atoms with Crippen molar-refractivity contribution < 1.29 is 4.74 Å². The lowest BCUT2D eigenvalue weighted by Crippen LogP contribution is -2.18. The smallest absolute Gasteiger partial charge is 0.122 e. The fraction of sp³-hybridized carbons (Fsp3) is 0.304. The second kappa shape index (κ2) is 8.09. The summed E-state index contributed by atoms with van der Waals surface area (Å²) in [6.45, 7) is 5.69. The average Bonchev–Trinajstić information content (AvgIpc) is 3.25. The highest BCUT2D eigenvalue weighted by Gasteiger charge is 2.13. The third-order valence-corrected chi connectivity index (χ3v) is 5.30. The maximum atomic E-state index is 5.60. The lowest BCUT2D eigenvalue weighted by atomic mass is 10.00. The molecule has 4 rings (SSSR count). The minimum Gasteiger partial charge on any atom is -0.496 e. The van der Waals surface area contributed by atoms with Crippen molar-refractivity contribution in [3.05, 3.63) is 76.4 Å². The van der Waals surface area contributed by atoms with Crippen LogP contribution in [0.4, 0.5) is 0 Å². The van der Waals surface area contributed by atoms with Crippen molar-refractivity contribution >= 4 is 11.0 Å². The molecule has 2 N–H and O–H groups in total. The molecule has 0 aliphatic carbocycles. The van der Waals surface area contributed by atoms with Gasteiger partial charge in [-0.25, -0.2) is 4.98 Å². The molecule has 2 heterocycles. The molecule has 150 valence electrons. The van der Waals surface area contributed by atoms with Crippen LogP contribution in [0.3, 0.4) is 0 Å². The molecule has 6 heteroatoms. The summed E-state index contributed by atoms with van der Waals surface area (Å²) in [5.41, 5.74) is 7.89. The molecule has 4 aromatic rings. The van der Waals surface area contributed by atoms with E-state index in [1.54, 1.807) is 7.11 Å². The van der Waals surface area contributed by atoms with Crippen molar-refractivity contribution in [2.45, 2.75) is 33.4 Å². The molecule has 0 atom stereocenters. The third kappa shape index (κ3) is 4.17. The molecule has 6 nitrogen and oxygen atoms in total. The van der Waals surface area contributed by atoms with Gasteiger partial charge in [-0.15, -0.1) is 0 Å². The van der Waals surface area contributed by atoms with Gasteiger partial charge in [0, 0.05) is 24.2 Å². The van der Waals surface area contributed by atoms with Crippen LogP contribution in [-0.4, -0.2) is 39.2 Å². The van der Waals surface area contributed by atoms with Gasteiger partial charge in [0.15, 0.2) is 0 Å². The van der Waals surface area contributed by atoms with Crippen LogP contribution >= 0.6 is 0 Å². The molecule has 0 saturated carbocycles. The van der Waals surface area contributed by atoms with E-state index in [0.29, 0.717) is 0 Å². The van der Waals surface area contributed by atoms with Crippen molar-refractivity contribution in [3.63, 3.8) is 0 Å². The van der Waals surface area contributed by atoms with Gasteiger partial charge in [-0.3, -0.25) is 10.00 Å². The Bertz CT molecular complexity index is 1070. The number of para-hydroxylation sites is 2. The van der Waals surface area contributed by atoms with E-state index >= 15 is 0 Å². The molecule has 0 aliphatic heterocycles. The molecule has 0 saturated heterocycles. The molecule has 29 heavy (non-hydrogen) atoms. The highest BCUT2D eigenvalue weighted by molar-refractivity contribution is 5.74. The van der Waals surface area contributed by atoms with Crippen LogP contribution in [0, 0.1) is 13.8 Å². The predicted molar refractivity (Wildman–Crippen MR) is 115 cm³/mol. The number of fused-ring (bicyclic) bond motifs is 1. The number of rotatable bonds is 7. The van der Waals surface area contributed by atoms with E-state index < -0.39 is 0 Å². The van der Waals surface area contributed by atoms with E-state index in [0.717, 1.165) is 53.5 Å². The summed E-state index contributed by atoms with van der Waals surface area (Å²) >= 11 is 0. The molecule has 0 unspecified atom stereocenters. The fourth-order valence-electron chi connectivity index (χ4n) is 3.80. The summed E-state index contributed by atoms with van der Waals surface area (Å²) in [6, 6.07) is 14.6. The van der Waals surface area contributed by atoms with Gasteiger partial charge < -0.3 is 9.72 Å². The fourth-order valence-corrected chi connectivity index (χ4v) is 3.80. The molecular formula is C23H27N5O. The highest BCUT2D eigenvalue weighted by atomic mass is 16.5. The van der Waals surface area contributed by atoms with Crippen molar-refractivity contribution in [1.29, 1.82) is 0 Å². The Labute approximate surface area is 170 Å². The Morgan fingerprint density at radius 3 is 2.62 bits per heavy atom. The van der Waals surface area contributed by atoms with E-state index in [-0.39, 0.29) is 0 Å². The summed E-state index contributed by atoms with van der Waals surface area (Å²) in [7, 11) is 3.84. The first-order chi connectivity index (χ1) is 14.0. The van der Waals surface area contributed by atoms with Crippen LogP contribution in [0.15, 0.2) is 42.5 Å². The van der Waals surface area contributed by atoms with Crippen LogP contribution in [0.1, 0.15) is 33.9 Å². The van der Waals surface area contributed by atoms with Crippen LogP contribution in [-0.2, 0) is 19.5 Å². The Hall–Kier alpha value is -3.12. The SMILES string of the molecule is COc1ccc(CN(C)Cc2nc3ccccc3[nH]2)cc1Cc1c(C)n[nH]c1C.